The maximum atomic E-state index is 12.1. The van der Waals surface area contributed by atoms with Gasteiger partial charge in [0.05, 0.1) is 18.2 Å². The third-order valence-corrected chi connectivity index (χ3v) is 6.00. The van der Waals surface area contributed by atoms with Crippen molar-refractivity contribution >= 4 is 5.78 Å². The highest BCUT2D eigenvalue weighted by Crippen LogP contribution is 2.37. The van der Waals surface area contributed by atoms with E-state index in [1.165, 1.54) is 11.1 Å². The molecule has 1 heterocycles. The van der Waals surface area contributed by atoms with Crippen molar-refractivity contribution in [2.24, 2.45) is 0 Å². The maximum absolute atomic E-state index is 12.1. The van der Waals surface area contributed by atoms with E-state index in [1.54, 1.807) is 12.1 Å². The standard InChI is InChI=1S/C27H30N4O3/c1-4-5-7-20(32)16-29-24-12-11-21-22(24)8-6-9-23(21)26-30-27(34-31-26)18-10-13-25(33-17(2)3)19(14-18)15-28/h6,8-10,13-14,17,24,29H,4-5,7,11-12,16H2,1-3H3/t24-/m1/s1. The molecule has 1 aliphatic rings. The largest absolute Gasteiger partial charge is 0.490 e. The van der Waals surface area contributed by atoms with E-state index in [0.29, 0.717) is 41.6 Å². The van der Waals surface area contributed by atoms with Crippen molar-refractivity contribution in [3.63, 3.8) is 0 Å². The summed E-state index contributed by atoms with van der Waals surface area (Å²) in [4.78, 5) is 16.7. The van der Waals surface area contributed by atoms with E-state index >= 15 is 0 Å². The third kappa shape index (κ3) is 5.18. The number of hydrogen-bond donors (Lipinski definition) is 1. The first-order chi connectivity index (χ1) is 16.5. The maximum Gasteiger partial charge on any atom is 0.258 e. The molecule has 0 aliphatic heterocycles. The van der Waals surface area contributed by atoms with Gasteiger partial charge in [-0.05, 0) is 62.4 Å². The van der Waals surface area contributed by atoms with Gasteiger partial charge in [0.25, 0.3) is 5.89 Å². The van der Waals surface area contributed by atoms with Crippen molar-refractivity contribution in [1.82, 2.24) is 15.5 Å². The number of unbranched alkanes of at least 4 members (excludes halogenated alkanes) is 1. The minimum absolute atomic E-state index is 0.0269. The average molecular weight is 459 g/mol. The number of fused-ring (bicyclic) bond motifs is 1. The number of nitrogens with one attached hydrogen (secondary N) is 1. The average Bonchev–Trinajstić information content (AvgIpc) is 3.49. The van der Waals surface area contributed by atoms with Crippen LogP contribution in [0, 0.1) is 11.3 Å². The molecule has 4 rings (SSSR count). The van der Waals surface area contributed by atoms with E-state index in [9.17, 15) is 10.1 Å². The highest BCUT2D eigenvalue weighted by atomic mass is 16.5. The number of aromatic nitrogens is 2. The molecule has 176 valence electrons. The fourth-order valence-electron chi connectivity index (χ4n) is 4.33. The Kier molecular flexibility index (Phi) is 7.39. The fraction of sp³-hybridized carbons (Fsp3) is 0.407. The molecule has 7 heteroatoms. The summed E-state index contributed by atoms with van der Waals surface area (Å²) in [5, 5.41) is 17.2. The van der Waals surface area contributed by atoms with Crippen molar-refractivity contribution in [2.75, 3.05) is 6.54 Å². The van der Waals surface area contributed by atoms with E-state index < -0.39 is 0 Å². The summed E-state index contributed by atoms with van der Waals surface area (Å²) in [6.07, 6.45) is 4.39. The molecule has 0 fully saturated rings. The second-order valence-corrected chi connectivity index (χ2v) is 8.90. The molecule has 1 aromatic heterocycles. The Morgan fingerprint density at radius 2 is 2.18 bits per heavy atom. The first kappa shape index (κ1) is 23.7. The van der Waals surface area contributed by atoms with E-state index in [1.807, 2.05) is 32.0 Å². The molecular weight excluding hydrogens is 428 g/mol. The van der Waals surface area contributed by atoms with Crippen molar-refractivity contribution in [3.8, 4) is 34.7 Å². The van der Waals surface area contributed by atoms with Gasteiger partial charge in [-0.2, -0.15) is 10.2 Å². The number of nitrogens with zero attached hydrogens (tertiary/aromatic N) is 3. The Labute approximate surface area is 200 Å². The van der Waals surface area contributed by atoms with E-state index in [-0.39, 0.29) is 17.9 Å². The van der Waals surface area contributed by atoms with Crippen LogP contribution >= 0.6 is 0 Å². The summed E-state index contributed by atoms with van der Waals surface area (Å²) in [6, 6.07) is 13.7. The molecule has 7 nitrogen and oxygen atoms in total. The molecule has 3 aromatic rings. The Morgan fingerprint density at radius 1 is 1.32 bits per heavy atom. The van der Waals surface area contributed by atoms with Gasteiger partial charge in [-0.15, -0.1) is 0 Å². The van der Waals surface area contributed by atoms with Gasteiger partial charge >= 0.3 is 0 Å². The number of Topliss-reactive ketones (excluding diaryl/α,β-unsaturated/α-hetero) is 1. The molecule has 0 amide bonds. The molecule has 0 radical (unpaired) electrons. The lowest BCUT2D eigenvalue weighted by molar-refractivity contribution is -0.118. The number of carbonyl (C=O) groups is 1. The Balaban J connectivity index is 1.53. The van der Waals surface area contributed by atoms with Crippen molar-refractivity contribution in [1.29, 1.82) is 5.26 Å². The van der Waals surface area contributed by atoms with Gasteiger partial charge in [0.2, 0.25) is 5.82 Å². The first-order valence-electron chi connectivity index (χ1n) is 11.9. The van der Waals surface area contributed by atoms with Crippen LogP contribution in [0.5, 0.6) is 5.75 Å². The summed E-state index contributed by atoms with van der Waals surface area (Å²) < 4.78 is 11.3. The molecule has 1 N–H and O–H groups in total. The molecular formula is C27H30N4O3. The molecule has 0 spiro atoms. The smallest absolute Gasteiger partial charge is 0.258 e. The topological polar surface area (TPSA) is 101 Å². The van der Waals surface area contributed by atoms with Crippen LogP contribution in [0.25, 0.3) is 22.8 Å². The fourth-order valence-corrected chi connectivity index (χ4v) is 4.33. The second kappa shape index (κ2) is 10.6. The second-order valence-electron chi connectivity index (χ2n) is 8.90. The molecule has 0 unspecified atom stereocenters. The molecule has 2 aromatic carbocycles. The summed E-state index contributed by atoms with van der Waals surface area (Å²) in [5.74, 6) is 1.67. The zero-order valence-corrected chi connectivity index (χ0v) is 19.9. The van der Waals surface area contributed by atoms with Gasteiger partial charge < -0.3 is 14.6 Å². The molecule has 1 aliphatic carbocycles. The van der Waals surface area contributed by atoms with Crippen LogP contribution in [0.15, 0.2) is 40.9 Å². The van der Waals surface area contributed by atoms with Crippen LogP contribution in [0.2, 0.25) is 0 Å². The highest BCUT2D eigenvalue weighted by molar-refractivity contribution is 5.80. The quantitative estimate of drug-likeness (QED) is 0.434. The number of carbonyl (C=O) groups excluding carboxylic acids is 1. The van der Waals surface area contributed by atoms with Gasteiger partial charge in [-0.25, -0.2) is 0 Å². The van der Waals surface area contributed by atoms with Gasteiger partial charge in [0, 0.05) is 23.6 Å². The van der Waals surface area contributed by atoms with Crippen LogP contribution in [-0.4, -0.2) is 28.6 Å². The SMILES string of the molecule is CCCCC(=O)CN[C@@H]1CCc2c(-c3noc(-c4ccc(OC(C)C)c(C#N)c4)n3)cccc21. The van der Waals surface area contributed by atoms with Crippen LogP contribution in [0.1, 0.15) is 69.2 Å². The third-order valence-electron chi connectivity index (χ3n) is 6.00. The van der Waals surface area contributed by atoms with E-state index in [4.69, 9.17) is 9.26 Å². The zero-order valence-electron chi connectivity index (χ0n) is 19.9. The van der Waals surface area contributed by atoms with Crippen molar-refractivity contribution in [2.45, 2.75) is 65.0 Å². The zero-order chi connectivity index (χ0) is 24.1. The lowest BCUT2D eigenvalue weighted by Gasteiger charge is -2.14. The number of nitriles is 1. The van der Waals surface area contributed by atoms with Crippen LogP contribution in [0.3, 0.4) is 0 Å². The normalized spacial score (nSPS) is 14.7. The molecule has 0 saturated heterocycles. The minimum atomic E-state index is -0.0269. The van der Waals surface area contributed by atoms with Crippen LogP contribution in [-0.2, 0) is 11.2 Å². The van der Waals surface area contributed by atoms with Gasteiger partial charge in [-0.1, -0.05) is 36.7 Å². The highest BCUT2D eigenvalue weighted by Gasteiger charge is 2.26. The Hall–Kier alpha value is -3.50. The van der Waals surface area contributed by atoms with E-state index in [0.717, 1.165) is 31.2 Å². The number of hydrogen-bond acceptors (Lipinski definition) is 7. The van der Waals surface area contributed by atoms with Gasteiger partial charge in [0.1, 0.15) is 17.6 Å². The summed E-state index contributed by atoms with van der Waals surface area (Å²) in [7, 11) is 0. The lowest BCUT2D eigenvalue weighted by atomic mass is 10.0. The predicted octanol–water partition coefficient (Wildman–Crippen LogP) is 5.40. The van der Waals surface area contributed by atoms with Crippen LogP contribution in [0.4, 0.5) is 0 Å². The predicted molar refractivity (Wildman–Crippen MR) is 129 cm³/mol. The number of benzene rings is 2. The van der Waals surface area contributed by atoms with E-state index in [2.05, 4.69) is 34.5 Å². The molecule has 0 bridgehead atoms. The number of rotatable bonds is 10. The van der Waals surface area contributed by atoms with Gasteiger partial charge in [0.15, 0.2) is 0 Å². The number of ether oxygens (including phenoxy) is 1. The molecule has 1 atom stereocenters. The summed E-state index contributed by atoms with van der Waals surface area (Å²) in [6.45, 7) is 6.33. The molecule has 0 saturated carbocycles. The van der Waals surface area contributed by atoms with Crippen molar-refractivity contribution in [3.05, 3.63) is 53.1 Å². The van der Waals surface area contributed by atoms with Crippen LogP contribution < -0.4 is 10.1 Å². The summed E-state index contributed by atoms with van der Waals surface area (Å²) in [5.41, 5.74) is 4.41. The minimum Gasteiger partial charge on any atom is -0.490 e. The Bertz CT molecular complexity index is 1210. The molecule has 34 heavy (non-hydrogen) atoms. The first-order valence-corrected chi connectivity index (χ1v) is 11.9. The van der Waals surface area contributed by atoms with Crippen molar-refractivity contribution < 1.29 is 14.1 Å². The number of ketones is 1. The van der Waals surface area contributed by atoms with Gasteiger partial charge in [-0.3, -0.25) is 4.79 Å². The monoisotopic (exact) mass is 458 g/mol. The Morgan fingerprint density at radius 3 is 2.94 bits per heavy atom. The summed E-state index contributed by atoms with van der Waals surface area (Å²) >= 11 is 0. The lowest BCUT2D eigenvalue weighted by Crippen LogP contribution is -2.26.